The van der Waals surface area contributed by atoms with Gasteiger partial charge < -0.3 is 4.74 Å². The summed E-state index contributed by atoms with van der Waals surface area (Å²) >= 11 is 17.7. The Bertz CT molecular complexity index is 572. The number of aromatic nitrogens is 3. The van der Waals surface area contributed by atoms with Gasteiger partial charge in [0, 0.05) is 15.6 Å². The van der Waals surface area contributed by atoms with Crippen LogP contribution in [-0.4, -0.2) is 21.6 Å². The molecule has 4 nitrogen and oxygen atoms in total. The van der Waals surface area contributed by atoms with Crippen LogP contribution in [0.1, 0.15) is 13.3 Å². The summed E-state index contributed by atoms with van der Waals surface area (Å²) in [6.45, 7) is 2.50. The number of hydrogen-bond donors (Lipinski definition) is 0. The Morgan fingerprint density at radius 1 is 1.00 bits per heavy atom. The summed E-state index contributed by atoms with van der Waals surface area (Å²) in [4.78, 5) is 12.1. The second kappa shape index (κ2) is 6.37. The van der Waals surface area contributed by atoms with Gasteiger partial charge in [0.15, 0.2) is 5.82 Å². The summed E-state index contributed by atoms with van der Waals surface area (Å²) in [7, 11) is 0. The lowest BCUT2D eigenvalue weighted by Gasteiger charge is -2.06. The van der Waals surface area contributed by atoms with Crippen molar-refractivity contribution in [3.63, 3.8) is 0 Å². The molecule has 0 aliphatic carbocycles. The van der Waals surface area contributed by atoms with E-state index in [1.807, 2.05) is 6.92 Å². The third kappa shape index (κ3) is 3.93. The second-order valence-corrected chi connectivity index (χ2v) is 4.93. The molecule has 19 heavy (non-hydrogen) atoms. The summed E-state index contributed by atoms with van der Waals surface area (Å²) in [5, 5.41) is 1.05. The number of benzene rings is 1. The average molecular weight is 319 g/mol. The van der Waals surface area contributed by atoms with Crippen LogP contribution < -0.4 is 4.74 Å². The van der Waals surface area contributed by atoms with Gasteiger partial charge in [-0.05, 0) is 36.2 Å². The quantitative estimate of drug-likeness (QED) is 0.844. The second-order valence-electron chi connectivity index (χ2n) is 3.72. The minimum absolute atomic E-state index is 0.0622. The van der Waals surface area contributed by atoms with Crippen LogP contribution in [0.2, 0.25) is 15.3 Å². The van der Waals surface area contributed by atoms with Gasteiger partial charge in [-0.1, -0.05) is 30.1 Å². The van der Waals surface area contributed by atoms with Gasteiger partial charge in [0.05, 0.1) is 6.61 Å². The first-order valence-corrected chi connectivity index (χ1v) is 6.72. The maximum atomic E-state index is 5.94. The molecule has 0 atom stereocenters. The molecule has 7 heteroatoms. The van der Waals surface area contributed by atoms with Gasteiger partial charge in [0.25, 0.3) is 0 Å². The Labute approximate surface area is 125 Å². The van der Waals surface area contributed by atoms with Crippen molar-refractivity contribution in [2.45, 2.75) is 13.3 Å². The van der Waals surface area contributed by atoms with E-state index in [0.29, 0.717) is 28.0 Å². The average Bonchev–Trinajstić information content (AvgIpc) is 2.34. The molecule has 0 radical (unpaired) electrons. The molecule has 1 aromatic carbocycles. The first kappa shape index (κ1) is 14.3. The molecule has 0 saturated carbocycles. The zero-order valence-electron chi connectivity index (χ0n) is 10.0. The fraction of sp³-hybridized carbons (Fsp3) is 0.250. The zero-order valence-corrected chi connectivity index (χ0v) is 12.3. The van der Waals surface area contributed by atoms with E-state index in [-0.39, 0.29) is 11.3 Å². The molecule has 0 aliphatic heterocycles. The molecule has 0 aliphatic rings. The van der Waals surface area contributed by atoms with Gasteiger partial charge in [-0.25, -0.2) is 0 Å². The predicted octanol–water partition coefficient (Wildman–Crippen LogP) is 4.29. The highest BCUT2D eigenvalue weighted by atomic mass is 35.5. The topological polar surface area (TPSA) is 47.9 Å². The van der Waals surface area contributed by atoms with Gasteiger partial charge in [-0.15, -0.1) is 0 Å². The lowest BCUT2D eigenvalue weighted by molar-refractivity contribution is 0.291. The number of nitrogens with zero attached hydrogens (tertiary/aromatic N) is 3. The molecule has 0 fully saturated rings. The van der Waals surface area contributed by atoms with Crippen LogP contribution in [0.25, 0.3) is 11.4 Å². The summed E-state index contributed by atoms with van der Waals surface area (Å²) < 4.78 is 5.35. The van der Waals surface area contributed by atoms with Crippen LogP contribution in [0, 0.1) is 0 Å². The summed E-state index contributed by atoms with van der Waals surface area (Å²) in [5.74, 6) is 0.371. The highest BCUT2D eigenvalue weighted by Crippen LogP contribution is 2.26. The highest BCUT2D eigenvalue weighted by Gasteiger charge is 2.09. The predicted molar refractivity (Wildman–Crippen MR) is 76.1 cm³/mol. The van der Waals surface area contributed by atoms with Crippen LogP contribution in [-0.2, 0) is 0 Å². The molecule has 2 aromatic rings. The van der Waals surface area contributed by atoms with Crippen LogP contribution in [0.5, 0.6) is 6.01 Å². The SMILES string of the molecule is CCCOc1nc(Cl)nc(-c2cc(Cl)cc(Cl)c2)n1. The van der Waals surface area contributed by atoms with Crippen molar-refractivity contribution in [1.82, 2.24) is 15.0 Å². The fourth-order valence-corrected chi connectivity index (χ4v) is 2.08. The van der Waals surface area contributed by atoms with E-state index in [0.717, 1.165) is 6.42 Å². The first-order chi connectivity index (χ1) is 9.08. The summed E-state index contributed by atoms with van der Waals surface area (Å²) in [5.41, 5.74) is 0.656. The molecule has 1 heterocycles. The Morgan fingerprint density at radius 2 is 1.68 bits per heavy atom. The molecule has 0 spiro atoms. The minimum Gasteiger partial charge on any atom is -0.463 e. The van der Waals surface area contributed by atoms with Gasteiger partial charge in [0.1, 0.15) is 0 Å². The van der Waals surface area contributed by atoms with E-state index in [9.17, 15) is 0 Å². The van der Waals surface area contributed by atoms with Crippen molar-refractivity contribution in [3.05, 3.63) is 33.5 Å². The number of hydrogen-bond acceptors (Lipinski definition) is 4. The van der Waals surface area contributed by atoms with Crippen molar-refractivity contribution in [2.75, 3.05) is 6.61 Å². The smallest absolute Gasteiger partial charge is 0.321 e. The van der Waals surface area contributed by atoms with E-state index in [1.165, 1.54) is 0 Å². The van der Waals surface area contributed by atoms with Crippen molar-refractivity contribution in [3.8, 4) is 17.4 Å². The van der Waals surface area contributed by atoms with E-state index in [4.69, 9.17) is 39.5 Å². The fourth-order valence-electron chi connectivity index (χ4n) is 1.40. The molecule has 0 bridgehead atoms. The number of rotatable bonds is 4. The largest absolute Gasteiger partial charge is 0.463 e. The van der Waals surface area contributed by atoms with Gasteiger partial charge in [-0.3, -0.25) is 0 Å². The number of halogens is 3. The van der Waals surface area contributed by atoms with E-state index < -0.39 is 0 Å². The van der Waals surface area contributed by atoms with Crippen molar-refractivity contribution in [2.24, 2.45) is 0 Å². The van der Waals surface area contributed by atoms with E-state index in [1.54, 1.807) is 18.2 Å². The maximum Gasteiger partial charge on any atom is 0.321 e. The number of ether oxygens (including phenoxy) is 1. The molecule has 0 saturated heterocycles. The van der Waals surface area contributed by atoms with Crippen molar-refractivity contribution < 1.29 is 4.74 Å². The van der Waals surface area contributed by atoms with Crippen molar-refractivity contribution in [1.29, 1.82) is 0 Å². The third-order valence-corrected chi connectivity index (χ3v) is 2.75. The third-order valence-electron chi connectivity index (χ3n) is 2.14. The van der Waals surface area contributed by atoms with Crippen LogP contribution >= 0.6 is 34.8 Å². The van der Waals surface area contributed by atoms with Gasteiger partial charge in [0.2, 0.25) is 5.28 Å². The molecular weight excluding hydrogens is 309 g/mol. The lowest BCUT2D eigenvalue weighted by Crippen LogP contribution is -2.02. The maximum absolute atomic E-state index is 5.94. The van der Waals surface area contributed by atoms with E-state index >= 15 is 0 Å². The van der Waals surface area contributed by atoms with Crippen LogP contribution in [0.15, 0.2) is 18.2 Å². The first-order valence-electron chi connectivity index (χ1n) is 5.59. The zero-order chi connectivity index (χ0) is 13.8. The van der Waals surface area contributed by atoms with Gasteiger partial charge >= 0.3 is 6.01 Å². The highest BCUT2D eigenvalue weighted by molar-refractivity contribution is 6.35. The minimum atomic E-state index is 0.0622. The Balaban J connectivity index is 2.40. The van der Waals surface area contributed by atoms with Crippen LogP contribution in [0.4, 0.5) is 0 Å². The molecular formula is C12H10Cl3N3O. The van der Waals surface area contributed by atoms with E-state index in [2.05, 4.69) is 15.0 Å². The normalized spacial score (nSPS) is 10.5. The molecule has 0 N–H and O–H groups in total. The molecule has 0 amide bonds. The molecule has 2 rings (SSSR count). The Morgan fingerprint density at radius 3 is 2.32 bits per heavy atom. The monoisotopic (exact) mass is 317 g/mol. The van der Waals surface area contributed by atoms with Gasteiger partial charge in [-0.2, -0.15) is 15.0 Å². The summed E-state index contributed by atoms with van der Waals surface area (Å²) in [6, 6.07) is 5.21. The Kier molecular flexibility index (Phi) is 4.80. The lowest BCUT2D eigenvalue weighted by atomic mass is 10.2. The standard InChI is InChI=1S/C12H10Cl3N3O/c1-2-3-19-12-17-10(16-11(15)18-12)7-4-8(13)6-9(14)5-7/h4-6H,2-3H2,1H3. The molecule has 100 valence electrons. The summed E-state index contributed by atoms with van der Waals surface area (Å²) in [6.07, 6.45) is 0.849. The van der Waals surface area contributed by atoms with Crippen molar-refractivity contribution >= 4 is 34.8 Å². The Hall–Kier alpha value is -1.10. The molecule has 0 unspecified atom stereocenters. The van der Waals surface area contributed by atoms with Crippen LogP contribution in [0.3, 0.4) is 0 Å². The molecule has 1 aromatic heterocycles.